The van der Waals surface area contributed by atoms with Crippen LogP contribution in [-0.4, -0.2) is 58.9 Å². The summed E-state index contributed by atoms with van der Waals surface area (Å²) >= 11 is 0. The van der Waals surface area contributed by atoms with E-state index in [1.807, 2.05) is 11.6 Å². The summed E-state index contributed by atoms with van der Waals surface area (Å²) < 4.78 is 25.5. The molecule has 7 heteroatoms. The van der Waals surface area contributed by atoms with Crippen molar-refractivity contribution in [3.05, 3.63) is 17.0 Å². The standard InChI is InChI=1S/C15H27N3O3S/c1-11(2)18-13(4)15(12(3)16-18)9-17(6-7-19)14-5-8-22(20,21)10-14/h11,14,19H,5-10H2,1-4H3/t14-/m0/s1. The van der Waals surface area contributed by atoms with Crippen molar-refractivity contribution >= 4 is 9.84 Å². The quantitative estimate of drug-likeness (QED) is 0.845. The number of sulfone groups is 1. The Hall–Kier alpha value is -0.920. The largest absolute Gasteiger partial charge is 0.395 e. The van der Waals surface area contributed by atoms with E-state index in [4.69, 9.17) is 0 Å². The number of rotatable bonds is 6. The Bertz CT molecular complexity index is 622. The molecule has 0 saturated carbocycles. The molecule has 1 aromatic heterocycles. The van der Waals surface area contributed by atoms with Crippen molar-refractivity contribution in [2.24, 2.45) is 0 Å². The van der Waals surface area contributed by atoms with E-state index in [0.717, 1.165) is 17.0 Å². The minimum Gasteiger partial charge on any atom is -0.395 e. The Morgan fingerprint density at radius 2 is 2.09 bits per heavy atom. The van der Waals surface area contributed by atoms with Gasteiger partial charge in [0.25, 0.3) is 0 Å². The summed E-state index contributed by atoms with van der Waals surface area (Å²) in [6.45, 7) is 9.40. The highest BCUT2D eigenvalue weighted by Gasteiger charge is 2.32. The maximum Gasteiger partial charge on any atom is 0.151 e. The third-order valence-electron chi connectivity index (χ3n) is 4.44. The van der Waals surface area contributed by atoms with Gasteiger partial charge in [0.05, 0.1) is 23.8 Å². The second kappa shape index (κ2) is 6.68. The van der Waals surface area contributed by atoms with Gasteiger partial charge in [-0.1, -0.05) is 0 Å². The Morgan fingerprint density at radius 1 is 1.41 bits per heavy atom. The summed E-state index contributed by atoms with van der Waals surface area (Å²) in [4.78, 5) is 2.09. The third kappa shape index (κ3) is 3.70. The van der Waals surface area contributed by atoms with Gasteiger partial charge in [-0.25, -0.2) is 8.42 Å². The van der Waals surface area contributed by atoms with Crippen molar-refractivity contribution in [2.45, 2.75) is 52.7 Å². The van der Waals surface area contributed by atoms with E-state index in [9.17, 15) is 13.5 Å². The highest BCUT2D eigenvalue weighted by molar-refractivity contribution is 7.91. The first-order chi connectivity index (χ1) is 10.2. The highest BCUT2D eigenvalue weighted by Crippen LogP contribution is 2.23. The van der Waals surface area contributed by atoms with Gasteiger partial charge in [-0.15, -0.1) is 0 Å². The van der Waals surface area contributed by atoms with Gasteiger partial charge in [0.2, 0.25) is 0 Å². The average Bonchev–Trinajstić information content (AvgIpc) is 2.91. The molecule has 2 rings (SSSR count). The minimum atomic E-state index is -2.92. The van der Waals surface area contributed by atoms with Crippen molar-refractivity contribution in [1.29, 1.82) is 0 Å². The first-order valence-corrected chi connectivity index (χ1v) is 9.67. The molecule has 6 nitrogen and oxygen atoms in total. The summed E-state index contributed by atoms with van der Waals surface area (Å²) in [5.41, 5.74) is 3.25. The number of aryl methyl sites for hydroxylation is 1. The van der Waals surface area contributed by atoms with Crippen molar-refractivity contribution < 1.29 is 13.5 Å². The van der Waals surface area contributed by atoms with E-state index in [-0.39, 0.29) is 24.2 Å². The summed E-state index contributed by atoms with van der Waals surface area (Å²) in [6, 6.07) is 0.295. The van der Waals surface area contributed by atoms with Gasteiger partial charge in [-0.2, -0.15) is 5.10 Å². The normalized spacial score (nSPS) is 21.1. The molecule has 0 radical (unpaired) electrons. The topological polar surface area (TPSA) is 75.4 Å². The van der Waals surface area contributed by atoms with Crippen molar-refractivity contribution in [2.75, 3.05) is 24.7 Å². The number of aliphatic hydroxyl groups excluding tert-OH is 1. The van der Waals surface area contributed by atoms with Crippen molar-refractivity contribution in [3.63, 3.8) is 0 Å². The second-order valence-corrected chi connectivity index (χ2v) is 8.67. The van der Waals surface area contributed by atoms with Gasteiger partial charge in [-0.05, 0) is 34.1 Å². The lowest BCUT2D eigenvalue weighted by Gasteiger charge is -2.27. The zero-order valence-corrected chi connectivity index (χ0v) is 14.7. The van der Waals surface area contributed by atoms with Crippen LogP contribution >= 0.6 is 0 Å². The molecule has 22 heavy (non-hydrogen) atoms. The molecule has 126 valence electrons. The fourth-order valence-corrected chi connectivity index (χ4v) is 4.98. The van der Waals surface area contributed by atoms with Gasteiger partial charge in [0, 0.05) is 36.4 Å². The number of aliphatic hydroxyl groups is 1. The van der Waals surface area contributed by atoms with Crippen molar-refractivity contribution in [1.82, 2.24) is 14.7 Å². The van der Waals surface area contributed by atoms with Gasteiger partial charge in [0.1, 0.15) is 0 Å². The molecule has 1 saturated heterocycles. The molecule has 1 N–H and O–H groups in total. The molecular formula is C15H27N3O3S. The number of hydrogen-bond donors (Lipinski definition) is 1. The summed E-state index contributed by atoms with van der Waals surface area (Å²) in [5, 5.41) is 13.9. The lowest BCUT2D eigenvalue weighted by molar-refractivity contribution is 0.153. The zero-order chi connectivity index (χ0) is 16.5. The van der Waals surface area contributed by atoms with E-state index < -0.39 is 9.84 Å². The van der Waals surface area contributed by atoms with Gasteiger partial charge < -0.3 is 5.11 Å². The molecule has 1 aliphatic heterocycles. The second-order valence-electron chi connectivity index (χ2n) is 6.44. The van der Waals surface area contributed by atoms with Crippen LogP contribution in [0.2, 0.25) is 0 Å². The molecule has 1 aliphatic rings. The highest BCUT2D eigenvalue weighted by atomic mass is 32.2. The van der Waals surface area contributed by atoms with Crippen LogP contribution in [0.3, 0.4) is 0 Å². The molecule has 1 fully saturated rings. The monoisotopic (exact) mass is 329 g/mol. The Balaban J connectivity index is 2.22. The Labute approximate surface area is 133 Å². The molecular weight excluding hydrogens is 302 g/mol. The molecule has 1 aromatic rings. The Kier molecular flexibility index (Phi) is 5.29. The van der Waals surface area contributed by atoms with Crippen LogP contribution in [0.5, 0.6) is 0 Å². The molecule has 0 unspecified atom stereocenters. The smallest absolute Gasteiger partial charge is 0.151 e. The predicted molar refractivity (Wildman–Crippen MR) is 86.6 cm³/mol. The molecule has 2 heterocycles. The zero-order valence-electron chi connectivity index (χ0n) is 13.9. The lowest BCUT2D eigenvalue weighted by atomic mass is 10.1. The predicted octanol–water partition coefficient (Wildman–Crippen LogP) is 1.06. The fourth-order valence-electron chi connectivity index (χ4n) is 3.21. The van der Waals surface area contributed by atoms with Crippen LogP contribution in [-0.2, 0) is 16.4 Å². The number of nitrogens with zero attached hydrogens (tertiary/aromatic N) is 3. The number of aromatic nitrogens is 2. The summed E-state index contributed by atoms with van der Waals surface area (Å²) in [6.07, 6.45) is 0.652. The van der Waals surface area contributed by atoms with Crippen LogP contribution in [0.25, 0.3) is 0 Å². The third-order valence-corrected chi connectivity index (χ3v) is 6.19. The van der Waals surface area contributed by atoms with E-state index in [1.54, 1.807) is 0 Å². The van der Waals surface area contributed by atoms with Crippen LogP contribution < -0.4 is 0 Å². The average molecular weight is 329 g/mol. The SMILES string of the molecule is Cc1nn(C(C)C)c(C)c1CN(CCO)[C@H]1CCS(=O)(=O)C1. The van der Waals surface area contributed by atoms with E-state index in [0.29, 0.717) is 25.6 Å². The summed E-state index contributed by atoms with van der Waals surface area (Å²) in [5.74, 6) is 0.451. The van der Waals surface area contributed by atoms with Gasteiger partial charge in [0.15, 0.2) is 9.84 Å². The fraction of sp³-hybridized carbons (Fsp3) is 0.800. The van der Waals surface area contributed by atoms with E-state index in [1.165, 1.54) is 0 Å². The molecule has 0 bridgehead atoms. The molecule has 0 aromatic carbocycles. The minimum absolute atomic E-state index is 0.00153. The van der Waals surface area contributed by atoms with Crippen LogP contribution in [0.4, 0.5) is 0 Å². The van der Waals surface area contributed by atoms with E-state index in [2.05, 4.69) is 30.8 Å². The van der Waals surface area contributed by atoms with Crippen LogP contribution in [0.1, 0.15) is 43.3 Å². The van der Waals surface area contributed by atoms with Gasteiger partial charge in [-0.3, -0.25) is 9.58 Å². The van der Waals surface area contributed by atoms with Crippen LogP contribution in [0, 0.1) is 13.8 Å². The maximum absolute atomic E-state index is 11.7. The summed E-state index contributed by atoms with van der Waals surface area (Å²) in [7, 11) is -2.92. The first-order valence-electron chi connectivity index (χ1n) is 7.85. The molecule has 0 aliphatic carbocycles. The number of hydrogen-bond acceptors (Lipinski definition) is 5. The van der Waals surface area contributed by atoms with Crippen LogP contribution in [0.15, 0.2) is 0 Å². The molecule has 0 spiro atoms. The lowest BCUT2D eigenvalue weighted by Crippen LogP contribution is -2.38. The first kappa shape index (κ1) is 17.4. The van der Waals surface area contributed by atoms with E-state index >= 15 is 0 Å². The molecule has 0 amide bonds. The maximum atomic E-state index is 11.7. The van der Waals surface area contributed by atoms with Gasteiger partial charge >= 0.3 is 0 Å². The molecule has 1 atom stereocenters. The van der Waals surface area contributed by atoms with Crippen molar-refractivity contribution in [3.8, 4) is 0 Å². The Morgan fingerprint density at radius 3 is 2.55 bits per heavy atom.